The SMILES string of the molecule is CC(C)N1C(=O)CC(NCCCNS(C)(=O)=O)C1=O. The van der Waals surface area contributed by atoms with Gasteiger partial charge in [0.2, 0.25) is 21.8 Å². The highest BCUT2D eigenvalue weighted by atomic mass is 32.2. The van der Waals surface area contributed by atoms with Crippen LogP contribution in [0.1, 0.15) is 26.7 Å². The maximum absolute atomic E-state index is 11.9. The number of imide groups is 1. The average Bonchev–Trinajstić information content (AvgIpc) is 2.51. The Morgan fingerprint density at radius 3 is 2.42 bits per heavy atom. The summed E-state index contributed by atoms with van der Waals surface area (Å²) in [6.07, 6.45) is 1.84. The van der Waals surface area contributed by atoms with Crippen molar-refractivity contribution in [1.82, 2.24) is 14.9 Å². The number of nitrogens with one attached hydrogen (secondary N) is 2. The number of hydrogen-bond acceptors (Lipinski definition) is 5. The van der Waals surface area contributed by atoms with E-state index in [9.17, 15) is 18.0 Å². The highest BCUT2D eigenvalue weighted by Crippen LogP contribution is 2.15. The van der Waals surface area contributed by atoms with E-state index in [2.05, 4.69) is 10.0 Å². The lowest BCUT2D eigenvalue weighted by molar-refractivity contribution is -0.140. The standard InChI is InChI=1S/C11H21N3O4S/c1-8(2)14-10(15)7-9(11(14)16)12-5-4-6-13-19(3,17)18/h8-9,12-13H,4-7H2,1-3H3. The smallest absolute Gasteiger partial charge is 0.247 e. The maximum atomic E-state index is 11.9. The quantitative estimate of drug-likeness (QED) is 0.466. The van der Waals surface area contributed by atoms with E-state index in [4.69, 9.17) is 0 Å². The van der Waals surface area contributed by atoms with Gasteiger partial charge in [-0.15, -0.1) is 0 Å². The van der Waals surface area contributed by atoms with Gasteiger partial charge in [0, 0.05) is 12.6 Å². The molecule has 2 amide bonds. The number of likely N-dealkylation sites (tertiary alicyclic amines) is 1. The maximum Gasteiger partial charge on any atom is 0.247 e. The molecule has 1 unspecified atom stereocenters. The fourth-order valence-electron chi connectivity index (χ4n) is 1.98. The van der Waals surface area contributed by atoms with Crippen molar-refractivity contribution < 1.29 is 18.0 Å². The molecule has 1 rings (SSSR count). The Labute approximate surface area is 113 Å². The predicted octanol–water partition coefficient (Wildman–Crippen LogP) is -0.949. The van der Waals surface area contributed by atoms with E-state index in [0.717, 1.165) is 6.26 Å². The minimum atomic E-state index is -3.17. The van der Waals surface area contributed by atoms with Gasteiger partial charge in [-0.2, -0.15) is 0 Å². The second-order valence-corrected chi connectivity index (χ2v) is 6.76. The van der Waals surface area contributed by atoms with Gasteiger partial charge in [-0.25, -0.2) is 13.1 Å². The molecule has 0 bridgehead atoms. The molecule has 1 saturated heterocycles. The summed E-state index contributed by atoms with van der Waals surface area (Å²) in [5.41, 5.74) is 0. The summed E-state index contributed by atoms with van der Waals surface area (Å²) in [7, 11) is -3.17. The van der Waals surface area contributed by atoms with Gasteiger partial charge < -0.3 is 5.32 Å². The van der Waals surface area contributed by atoms with Crippen LogP contribution in [0.4, 0.5) is 0 Å². The molecule has 0 saturated carbocycles. The van der Waals surface area contributed by atoms with Gasteiger partial charge in [0.1, 0.15) is 0 Å². The van der Waals surface area contributed by atoms with E-state index >= 15 is 0 Å². The highest BCUT2D eigenvalue weighted by molar-refractivity contribution is 7.88. The number of carbonyl (C=O) groups excluding carboxylic acids is 2. The second kappa shape index (κ2) is 6.44. The van der Waals surface area contributed by atoms with Gasteiger partial charge in [0.25, 0.3) is 0 Å². The third-order valence-electron chi connectivity index (χ3n) is 2.81. The molecular weight excluding hydrogens is 270 g/mol. The molecule has 7 nitrogen and oxygen atoms in total. The molecular formula is C11H21N3O4S. The van der Waals surface area contributed by atoms with Crippen LogP contribution < -0.4 is 10.0 Å². The van der Waals surface area contributed by atoms with E-state index in [0.29, 0.717) is 19.5 Å². The van der Waals surface area contributed by atoms with Crippen molar-refractivity contribution in [3.05, 3.63) is 0 Å². The van der Waals surface area contributed by atoms with Gasteiger partial charge in [-0.1, -0.05) is 0 Å². The first-order valence-electron chi connectivity index (χ1n) is 6.26. The third kappa shape index (κ3) is 4.88. The minimum Gasteiger partial charge on any atom is -0.305 e. The van der Waals surface area contributed by atoms with E-state index < -0.39 is 16.1 Å². The molecule has 8 heteroatoms. The van der Waals surface area contributed by atoms with Crippen molar-refractivity contribution in [3.8, 4) is 0 Å². The first-order valence-corrected chi connectivity index (χ1v) is 8.15. The summed E-state index contributed by atoms with van der Waals surface area (Å²) < 4.78 is 24.0. The van der Waals surface area contributed by atoms with Crippen LogP contribution in [0.2, 0.25) is 0 Å². The summed E-state index contributed by atoms with van der Waals surface area (Å²) in [4.78, 5) is 24.8. The van der Waals surface area contributed by atoms with Crippen molar-refractivity contribution in [1.29, 1.82) is 0 Å². The summed E-state index contributed by atoms with van der Waals surface area (Å²) in [5.74, 6) is -0.358. The number of nitrogens with zero attached hydrogens (tertiary/aromatic N) is 1. The molecule has 0 aromatic rings. The van der Waals surface area contributed by atoms with Gasteiger partial charge in [0.05, 0.1) is 18.7 Å². The molecule has 0 radical (unpaired) electrons. The normalized spacial score (nSPS) is 20.6. The van der Waals surface area contributed by atoms with Crippen molar-refractivity contribution in [3.63, 3.8) is 0 Å². The average molecular weight is 291 g/mol. The zero-order chi connectivity index (χ0) is 14.6. The van der Waals surface area contributed by atoms with Crippen LogP contribution in [0, 0.1) is 0 Å². The lowest BCUT2D eigenvalue weighted by Gasteiger charge is -2.19. The summed E-state index contributed by atoms with van der Waals surface area (Å²) in [6, 6.07) is -0.605. The molecule has 1 aliphatic heterocycles. The molecule has 0 aromatic carbocycles. The molecule has 110 valence electrons. The number of rotatable bonds is 7. The molecule has 1 atom stereocenters. The fourth-order valence-corrected chi connectivity index (χ4v) is 2.49. The van der Waals surface area contributed by atoms with Gasteiger partial charge in [-0.3, -0.25) is 14.5 Å². The molecule has 1 fully saturated rings. The number of carbonyl (C=O) groups is 2. The van der Waals surface area contributed by atoms with E-state index in [-0.39, 0.29) is 24.3 Å². The first-order chi connectivity index (χ1) is 8.72. The van der Waals surface area contributed by atoms with E-state index in [1.54, 1.807) is 13.8 Å². The predicted molar refractivity (Wildman–Crippen MR) is 70.9 cm³/mol. The van der Waals surface area contributed by atoms with Crippen molar-refractivity contribution in [2.75, 3.05) is 19.3 Å². The zero-order valence-corrected chi connectivity index (χ0v) is 12.3. The third-order valence-corrected chi connectivity index (χ3v) is 3.54. The van der Waals surface area contributed by atoms with E-state index in [1.807, 2.05) is 0 Å². The molecule has 0 aliphatic carbocycles. The monoisotopic (exact) mass is 291 g/mol. The Bertz CT molecular complexity index is 447. The lowest BCUT2D eigenvalue weighted by Crippen LogP contribution is -2.42. The number of amides is 2. The van der Waals surface area contributed by atoms with Crippen LogP contribution in [0.5, 0.6) is 0 Å². The summed E-state index contributed by atoms with van der Waals surface area (Å²) in [5, 5.41) is 2.99. The number of hydrogen-bond donors (Lipinski definition) is 2. The Morgan fingerprint density at radius 1 is 1.32 bits per heavy atom. The minimum absolute atomic E-state index is 0.126. The van der Waals surface area contributed by atoms with Crippen LogP contribution in [-0.2, 0) is 19.6 Å². The first kappa shape index (κ1) is 16.1. The molecule has 19 heavy (non-hydrogen) atoms. The highest BCUT2D eigenvalue weighted by Gasteiger charge is 2.39. The van der Waals surface area contributed by atoms with Gasteiger partial charge in [0.15, 0.2) is 0 Å². The topological polar surface area (TPSA) is 95.6 Å². The molecule has 2 N–H and O–H groups in total. The summed E-state index contributed by atoms with van der Waals surface area (Å²) in [6.45, 7) is 4.40. The van der Waals surface area contributed by atoms with Crippen LogP contribution in [0.15, 0.2) is 0 Å². The Balaban J connectivity index is 2.32. The van der Waals surface area contributed by atoms with Crippen LogP contribution in [0.25, 0.3) is 0 Å². The lowest BCUT2D eigenvalue weighted by atomic mass is 10.2. The largest absolute Gasteiger partial charge is 0.305 e. The molecule has 0 spiro atoms. The van der Waals surface area contributed by atoms with Gasteiger partial charge in [-0.05, 0) is 26.8 Å². The zero-order valence-electron chi connectivity index (χ0n) is 11.5. The summed E-state index contributed by atoms with van der Waals surface area (Å²) >= 11 is 0. The van der Waals surface area contributed by atoms with Crippen molar-refractivity contribution in [2.24, 2.45) is 0 Å². The van der Waals surface area contributed by atoms with Crippen molar-refractivity contribution >= 4 is 21.8 Å². The second-order valence-electron chi connectivity index (χ2n) is 4.93. The Kier molecular flexibility index (Phi) is 5.45. The number of sulfonamides is 1. The Hall–Kier alpha value is -0.990. The van der Waals surface area contributed by atoms with Crippen molar-refractivity contribution in [2.45, 2.75) is 38.8 Å². The van der Waals surface area contributed by atoms with E-state index in [1.165, 1.54) is 4.90 Å². The molecule has 1 aliphatic rings. The van der Waals surface area contributed by atoms with Gasteiger partial charge >= 0.3 is 0 Å². The van der Waals surface area contributed by atoms with Crippen LogP contribution in [0.3, 0.4) is 0 Å². The van der Waals surface area contributed by atoms with Crippen LogP contribution in [-0.4, -0.2) is 56.6 Å². The molecule has 0 aromatic heterocycles. The Morgan fingerprint density at radius 2 is 1.95 bits per heavy atom. The van der Waals surface area contributed by atoms with Crippen LogP contribution >= 0.6 is 0 Å². The fraction of sp³-hybridized carbons (Fsp3) is 0.818. The molecule has 1 heterocycles.